The highest BCUT2D eigenvalue weighted by Gasteiger charge is 2.27. The molecule has 2 atom stereocenters. The van der Waals surface area contributed by atoms with Gasteiger partial charge in [0, 0.05) is 32.7 Å². The topological polar surface area (TPSA) is 70.7 Å². The number of hydrogen-bond donors (Lipinski definition) is 2. The van der Waals surface area contributed by atoms with Crippen molar-refractivity contribution in [3.63, 3.8) is 0 Å². The molecule has 2 saturated heterocycles. The summed E-state index contributed by atoms with van der Waals surface area (Å²) < 4.78 is 32.6. The van der Waals surface area contributed by atoms with E-state index in [9.17, 15) is 8.42 Å². The number of hydrogen-bond acceptors (Lipinski definition) is 5. The van der Waals surface area contributed by atoms with Crippen LogP contribution in [0.4, 0.5) is 5.69 Å². The third-order valence-electron chi connectivity index (χ3n) is 4.48. The van der Waals surface area contributed by atoms with E-state index in [0.29, 0.717) is 25.6 Å². The zero-order valence-electron chi connectivity index (χ0n) is 13.6. The molecule has 3 rings (SSSR count). The van der Waals surface area contributed by atoms with Gasteiger partial charge in [0.1, 0.15) is 0 Å². The van der Waals surface area contributed by atoms with Crippen LogP contribution in [0, 0.1) is 5.92 Å². The third kappa shape index (κ3) is 4.83. The summed E-state index contributed by atoms with van der Waals surface area (Å²) in [5.41, 5.74) is 1.02. The maximum atomic E-state index is 12.2. The molecule has 2 heterocycles. The Morgan fingerprint density at radius 3 is 2.96 bits per heavy atom. The van der Waals surface area contributed by atoms with Gasteiger partial charge in [-0.3, -0.25) is 0 Å². The van der Waals surface area contributed by atoms with E-state index in [4.69, 9.17) is 16.3 Å². The van der Waals surface area contributed by atoms with Gasteiger partial charge >= 0.3 is 0 Å². The van der Waals surface area contributed by atoms with Crippen LogP contribution < -0.4 is 14.9 Å². The molecule has 1 aromatic rings. The predicted octanol–water partition coefficient (Wildman–Crippen LogP) is 1.07. The molecular weight excluding hydrogens is 350 g/mol. The molecule has 24 heavy (non-hydrogen) atoms. The van der Waals surface area contributed by atoms with E-state index >= 15 is 0 Å². The van der Waals surface area contributed by atoms with E-state index in [-0.39, 0.29) is 11.9 Å². The lowest BCUT2D eigenvalue weighted by atomic mass is 10.1. The Bertz CT molecular complexity index is 650. The molecule has 134 valence electrons. The monoisotopic (exact) mass is 373 g/mol. The van der Waals surface area contributed by atoms with Crippen LogP contribution >= 0.6 is 11.6 Å². The first kappa shape index (κ1) is 17.9. The molecule has 0 bridgehead atoms. The van der Waals surface area contributed by atoms with Gasteiger partial charge in [0.05, 0.1) is 29.2 Å². The second-order valence-electron chi connectivity index (χ2n) is 6.38. The molecule has 0 aliphatic carbocycles. The summed E-state index contributed by atoms with van der Waals surface area (Å²) in [6.45, 7) is 4.10. The molecule has 8 heteroatoms. The number of sulfonamides is 1. The smallest absolute Gasteiger partial charge is 0.214 e. The number of morpholine rings is 1. The first-order valence-electron chi connectivity index (χ1n) is 8.32. The van der Waals surface area contributed by atoms with Gasteiger partial charge in [-0.05, 0) is 24.5 Å². The largest absolute Gasteiger partial charge is 0.374 e. The maximum absolute atomic E-state index is 12.2. The predicted molar refractivity (Wildman–Crippen MR) is 96.2 cm³/mol. The van der Waals surface area contributed by atoms with Gasteiger partial charge in [-0.25, -0.2) is 13.1 Å². The maximum Gasteiger partial charge on any atom is 0.214 e. The zero-order valence-corrected chi connectivity index (χ0v) is 15.2. The van der Waals surface area contributed by atoms with Crippen molar-refractivity contribution in [1.82, 2.24) is 10.0 Å². The van der Waals surface area contributed by atoms with Crippen LogP contribution in [0.1, 0.15) is 6.42 Å². The molecule has 0 amide bonds. The lowest BCUT2D eigenvalue weighted by Gasteiger charge is -2.24. The number of para-hydroxylation sites is 1. The van der Waals surface area contributed by atoms with Gasteiger partial charge in [0.25, 0.3) is 0 Å². The minimum absolute atomic E-state index is 0.0148. The van der Waals surface area contributed by atoms with E-state index in [1.807, 2.05) is 24.3 Å². The molecule has 6 nitrogen and oxygen atoms in total. The van der Waals surface area contributed by atoms with Gasteiger partial charge in [-0.2, -0.15) is 0 Å². The summed E-state index contributed by atoms with van der Waals surface area (Å²) >= 11 is 6.24. The standard InChI is InChI=1S/C16H24ClN3O3S/c17-15-3-1-2-4-16(15)20-7-5-13(11-20)9-19-24(21,22)12-14-10-18-6-8-23-14/h1-4,13-14,18-19H,5-12H2. The molecule has 0 aromatic heterocycles. The zero-order chi connectivity index (χ0) is 17.0. The Morgan fingerprint density at radius 1 is 1.38 bits per heavy atom. The van der Waals surface area contributed by atoms with Crippen LogP contribution in [0.25, 0.3) is 0 Å². The molecule has 0 radical (unpaired) electrons. The van der Waals surface area contributed by atoms with Gasteiger partial charge < -0.3 is 15.0 Å². The number of benzene rings is 1. The normalized spacial score (nSPS) is 25.1. The summed E-state index contributed by atoms with van der Waals surface area (Å²) in [7, 11) is -3.32. The Hall–Kier alpha value is -0.860. The van der Waals surface area contributed by atoms with Gasteiger partial charge in [-0.15, -0.1) is 0 Å². The Labute approximate surface area is 148 Å². The average molecular weight is 374 g/mol. The van der Waals surface area contributed by atoms with Gasteiger partial charge in [0.15, 0.2) is 0 Å². The van der Waals surface area contributed by atoms with Crippen molar-refractivity contribution in [3.8, 4) is 0 Å². The molecule has 1 aromatic carbocycles. The lowest BCUT2D eigenvalue weighted by molar-refractivity contribution is 0.0429. The van der Waals surface area contributed by atoms with E-state index < -0.39 is 10.0 Å². The minimum Gasteiger partial charge on any atom is -0.374 e. The Kier molecular flexibility index (Phi) is 5.99. The van der Waals surface area contributed by atoms with Crippen LogP contribution in [0.15, 0.2) is 24.3 Å². The summed E-state index contributed by atoms with van der Waals surface area (Å²) in [4.78, 5) is 2.22. The highest BCUT2D eigenvalue weighted by atomic mass is 35.5. The lowest BCUT2D eigenvalue weighted by Crippen LogP contribution is -2.45. The number of anilines is 1. The van der Waals surface area contributed by atoms with Crippen LogP contribution in [-0.4, -0.2) is 59.6 Å². The summed E-state index contributed by atoms with van der Waals surface area (Å²) in [5.74, 6) is 0.308. The molecular formula is C16H24ClN3O3S. The van der Waals surface area contributed by atoms with E-state index in [1.54, 1.807) is 0 Å². The van der Waals surface area contributed by atoms with Crippen molar-refractivity contribution in [2.75, 3.05) is 50.0 Å². The van der Waals surface area contributed by atoms with Crippen molar-refractivity contribution >= 4 is 27.3 Å². The number of halogens is 1. The van der Waals surface area contributed by atoms with Crippen LogP contribution in [0.3, 0.4) is 0 Å². The second kappa shape index (κ2) is 8.01. The summed E-state index contributed by atoms with van der Waals surface area (Å²) in [6, 6.07) is 7.76. The van der Waals surface area contributed by atoms with Crippen LogP contribution in [0.2, 0.25) is 5.02 Å². The van der Waals surface area contributed by atoms with Crippen molar-refractivity contribution in [3.05, 3.63) is 29.3 Å². The van der Waals surface area contributed by atoms with Crippen molar-refractivity contribution in [1.29, 1.82) is 0 Å². The third-order valence-corrected chi connectivity index (χ3v) is 6.22. The van der Waals surface area contributed by atoms with E-state index in [2.05, 4.69) is 14.9 Å². The van der Waals surface area contributed by atoms with Crippen molar-refractivity contribution in [2.24, 2.45) is 5.92 Å². The van der Waals surface area contributed by atoms with Crippen molar-refractivity contribution < 1.29 is 13.2 Å². The van der Waals surface area contributed by atoms with E-state index in [1.165, 1.54) is 0 Å². The first-order valence-corrected chi connectivity index (χ1v) is 10.4. The minimum atomic E-state index is -3.32. The number of nitrogens with one attached hydrogen (secondary N) is 2. The van der Waals surface area contributed by atoms with Crippen LogP contribution in [0.5, 0.6) is 0 Å². The van der Waals surface area contributed by atoms with Crippen LogP contribution in [-0.2, 0) is 14.8 Å². The fourth-order valence-electron chi connectivity index (χ4n) is 3.20. The average Bonchev–Trinajstić information content (AvgIpc) is 3.03. The molecule has 2 N–H and O–H groups in total. The SMILES string of the molecule is O=S(=O)(CC1CNCCO1)NCC1CCN(c2ccccc2Cl)C1. The molecule has 0 saturated carbocycles. The quantitative estimate of drug-likeness (QED) is 0.780. The molecule has 2 fully saturated rings. The second-order valence-corrected chi connectivity index (χ2v) is 8.64. The Morgan fingerprint density at radius 2 is 2.21 bits per heavy atom. The first-order chi connectivity index (χ1) is 11.5. The van der Waals surface area contributed by atoms with E-state index in [0.717, 1.165) is 36.8 Å². The fourth-order valence-corrected chi connectivity index (χ4v) is 4.77. The van der Waals surface area contributed by atoms with Gasteiger partial charge in [-0.1, -0.05) is 23.7 Å². The van der Waals surface area contributed by atoms with Crippen molar-refractivity contribution in [2.45, 2.75) is 12.5 Å². The van der Waals surface area contributed by atoms with Gasteiger partial charge in [0.2, 0.25) is 10.0 Å². The molecule has 2 aliphatic heterocycles. The fraction of sp³-hybridized carbons (Fsp3) is 0.625. The number of nitrogens with zero attached hydrogens (tertiary/aromatic N) is 1. The number of ether oxygens (including phenoxy) is 1. The highest BCUT2D eigenvalue weighted by Crippen LogP contribution is 2.29. The highest BCUT2D eigenvalue weighted by molar-refractivity contribution is 7.89. The molecule has 2 aliphatic rings. The summed E-state index contributed by atoms with van der Waals surface area (Å²) in [5, 5.41) is 3.88. The number of rotatable bonds is 6. The molecule has 0 spiro atoms. The Balaban J connectivity index is 1.48. The molecule has 2 unspecified atom stereocenters. The summed E-state index contributed by atoms with van der Waals surface area (Å²) in [6.07, 6.45) is 0.689.